The lowest BCUT2D eigenvalue weighted by Gasteiger charge is -2.18. The molecule has 0 unspecified atom stereocenters. The highest BCUT2D eigenvalue weighted by Crippen LogP contribution is 2.12. The smallest absolute Gasteiger partial charge is 0.319 e. The third-order valence-corrected chi connectivity index (χ3v) is 4.93. The summed E-state index contributed by atoms with van der Waals surface area (Å²) in [5, 5.41) is 0. The molecule has 1 aromatic carbocycles. The summed E-state index contributed by atoms with van der Waals surface area (Å²) in [5.41, 5.74) is 6.37. The van der Waals surface area contributed by atoms with Crippen LogP contribution in [-0.4, -0.2) is 51.8 Å². The summed E-state index contributed by atoms with van der Waals surface area (Å²) in [6, 6.07) is 6.54. The Kier molecular flexibility index (Phi) is 6.80. The van der Waals surface area contributed by atoms with Gasteiger partial charge in [-0.05, 0) is 24.2 Å². The summed E-state index contributed by atoms with van der Waals surface area (Å²) < 4.78 is 29.0. The summed E-state index contributed by atoms with van der Waals surface area (Å²) in [4.78, 5) is 13.2. The summed E-state index contributed by atoms with van der Waals surface area (Å²) in [6.45, 7) is 3.20. The highest BCUT2D eigenvalue weighted by atomic mass is 32.2. The van der Waals surface area contributed by atoms with E-state index in [1.807, 2.05) is 6.92 Å². The van der Waals surface area contributed by atoms with Gasteiger partial charge in [-0.15, -0.1) is 0 Å². The van der Waals surface area contributed by atoms with Crippen LogP contribution in [0.4, 0.5) is 0 Å². The quantitative estimate of drug-likeness (QED) is 0.699. The van der Waals surface area contributed by atoms with Crippen molar-refractivity contribution in [1.82, 2.24) is 4.90 Å². The van der Waals surface area contributed by atoms with E-state index in [0.29, 0.717) is 13.1 Å². The van der Waals surface area contributed by atoms with Crippen LogP contribution < -0.4 is 5.73 Å². The number of benzene rings is 1. The molecule has 1 aromatic rings. The molecule has 6 nitrogen and oxygen atoms in total. The zero-order valence-electron chi connectivity index (χ0n) is 12.4. The Morgan fingerprint density at radius 3 is 2.38 bits per heavy atom. The standard InChI is InChI=1S/C14H22N2O4S/c1-3-16(11-14(17)20-2)8-9-21(18,19)13-6-4-12(10-15)5-7-13/h4-7H,3,8-11,15H2,1-2H3. The van der Waals surface area contributed by atoms with Gasteiger partial charge in [-0.2, -0.15) is 0 Å². The van der Waals surface area contributed by atoms with Gasteiger partial charge in [0.25, 0.3) is 0 Å². The first kappa shape index (κ1) is 17.6. The van der Waals surface area contributed by atoms with Crippen LogP contribution in [0.25, 0.3) is 0 Å². The highest BCUT2D eigenvalue weighted by Gasteiger charge is 2.17. The van der Waals surface area contributed by atoms with E-state index in [-0.39, 0.29) is 29.7 Å². The van der Waals surface area contributed by atoms with Gasteiger partial charge in [0, 0.05) is 13.1 Å². The fourth-order valence-corrected chi connectivity index (χ4v) is 3.08. The Bertz CT molecular complexity index is 555. The largest absolute Gasteiger partial charge is 0.468 e. The molecular weight excluding hydrogens is 292 g/mol. The van der Waals surface area contributed by atoms with Crippen molar-refractivity contribution in [2.75, 3.05) is 32.5 Å². The summed E-state index contributed by atoms with van der Waals surface area (Å²) >= 11 is 0. The lowest BCUT2D eigenvalue weighted by Crippen LogP contribution is -2.34. The van der Waals surface area contributed by atoms with Crippen molar-refractivity contribution in [3.63, 3.8) is 0 Å². The van der Waals surface area contributed by atoms with Crippen LogP contribution in [-0.2, 0) is 25.9 Å². The number of rotatable bonds is 8. The molecule has 0 radical (unpaired) electrons. The number of nitrogens with zero attached hydrogens (tertiary/aromatic N) is 1. The monoisotopic (exact) mass is 314 g/mol. The molecule has 0 saturated carbocycles. The molecule has 0 heterocycles. The van der Waals surface area contributed by atoms with Gasteiger partial charge in [-0.25, -0.2) is 8.42 Å². The third kappa shape index (κ3) is 5.45. The van der Waals surface area contributed by atoms with Crippen LogP contribution in [0.5, 0.6) is 0 Å². The molecule has 0 aliphatic carbocycles. The van der Waals surface area contributed by atoms with Crippen LogP contribution in [0.2, 0.25) is 0 Å². The molecule has 0 amide bonds. The molecule has 0 saturated heterocycles. The zero-order chi connectivity index (χ0) is 15.9. The van der Waals surface area contributed by atoms with E-state index in [4.69, 9.17) is 5.73 Å². The predicted octanol–water partition coefficient (Wildman–Crippen LogP) is 0.414. The van der Waals surface area contributed by atoms with Gasteiger partial charge in [0.1, 0.15) is 0 Å². The van der Waals surface area contributed by atoms with Crippen molar-refractivity contribution in [3.05, 3.63) is 29.8 Å². The third-order valence-electron chi connectivity index (χ3n) is 3.22. The minimum absolute atomic E-state index is 0.0419. The fraction of sp³-hybridized carbons (Fsp3) is 0.500. The molecule has 1 rings (SSSR count). The molecule has 0 spiro atoms. The molecule has 0 atom stereocenters. The maximum atomic E-state index is 12.2. The first-order chi connectivity index (χ1) is 9.92. The normalized spacial score (nSPS) is 11.6. The Balaban J connectivity index is 2.68. The van der Waals surface area contributed by atoms with E-state index in [1.165, 1.54) is 7.11 Å². The van der Waals surface area contributed by atoms with Crippen LogP contribution in [0.1, 0.15) is 12.5 Å². The van der Waals surface area contributed by atoms with Crippen LogP contribution in [0.3, 0.4) is 0 Å². The molecule has 2 N–H and O–H groups in total. The Hall–Kier alpha value is -1.44. The molecule has 0 aliphatic rings. The summed E-state index contributed by atoms with van der Waals surface area (Å²) in [6.07, 6.45) is 0. The first-order valence-corrected chi connectivity index (χ1v) is 8.39. The molecule has 0 fully saturated rings. The molecule has 118 valence electrons. The number of ether oxygens (including phenoxy) is 1. The van der Waals surface area contributed by atoms with E-state index in [0.717, 1.165) is 5.56 Å². The molecule has 0 aliphatic heterocycles. The highest BCUT2D eigenvalue weighted by molar-refractivity contribution is 7.91. The number of carbonyl (C=O) groups is 1. The molecule has 0 bridgehead atoms. The van der Waals surface area contributed by atoms with Gasteiger partial charge < -0.3 is 10.5 Å². The van der Waals surface area contributed by atoms with E-state index < -0.39 is 9.84 Å². The number of methoxy groups -OCH3 is 1. The Morgan fingerprint density at radius 2 is 1.90 bits per heavy atom. The van der Waals surface area contributed by atoms with Gasteiger partial charge in [0.05, 0.1) is 24.3 Å². The lowest BCUT2D eigenvalue weighted by molar-refractivity contribution is -0.141. The second-order valence-corrected chi connectivity index (χ2v) is 6.72. The predicted molar refractivity (Wildman–Crippen MR) is 80.5 cm³/mol. The number of esters is 1. The molecule has 21 heavy (non-hydrogen) atoms. The van der Waals surface area contributed by atoms with Gasteiger partial charge >= 0.3 is 5.97 Å². The number of sulfone groups is 1. The van der Waals surface area contributed by atoms with Crippen LogP contribution in [0.15, 0.2) is 29.2 Å². The topological polar surface area (TPSA) is 89.7 Å². The van der Waals surface area contributed by atoms with Crippen molar-refractivity contribution < 1.29 is 17.9 Å². The van der Waals surface area contributed by atoms with Crippen molar-refractivity contribution in [2.24, 2.45) is 5.73 Å². The zero-order valence-corrected chi connectivity index (χ0v) is 13.2. The minimum atomic E-state index is -3.37. The minimum Gasteiger partial charge on any atom is -0.468 e. The van der Waals surface area contributed by atoms with Gasteiger partial charge in [0.15, 0.2) is 9.84 Å². The lowest BCUT2D eigenvalue weighted by atomic mass is 10.2. The van der Waals surface area contributed by atoms with Crippen molar-refractivity contribution >= 4 is 15.8 Å². The van der Waals surface area contributed by atoms with Gasteiger partial charge in [0.2, 0.25) is 0 Å². The van der Waals surface area contributed by atoms with Crippen LogP contribution in [0, 0.1) is 0 Å². The maximum Gasteiger partial charge on any atom is 0.319 e. The van der Waals surface area contributed by atoms with Crippen molar-refractivity contribution in [1.29, 1.82) is 0 Å². The van der Waals surface area contributed by atoms with Gasteiger partial charge in [-0.1, -0.05) is 19.1 Å². The number of hydrogen-bond donors (Lipinski definition) is 1. The van der Waals surface area contributed by atoms with E-state index in [2.05, 4.69) is 4.74 Å². The number of carbonyl (C=O) groups excluding carboxylic acids is 1. The molecule has 7 heteroatoms. The van der Waals surface area contributed by atoms with Crippen LogP contribution >= 0.6 is 0 Å². The molecule has 0 aromatic heterocycles. The SMILES string of the molecule is CCN(CCS(=O)(=O)c1ccc(CN)cc1)CC(=O)OC. The summed E-state index contributed by atoms with van der Waals surface area (Å²) in [7, 11) is -2.06. The van der Waals surface area contributed by atoms with E-state index >= 15 is 0 Å². The van der Waals surface area contributed by atoms with E-state index in [9.17, 15) is 13.2 Å². The number of nitrogens with two attached hydrogens (primary N) is 1. The Morgan fingerprint density at radius 1 is 1.29 bits per heavy atom. The van der Waals surface area contributed by atoms with E-state index in [1.54, 1.807) is 29.2 Å². The van der Waals surface area contributed by atoms with Gasteiger partial charge in [-0.3, -0.25) is 9.69 Å². The second-order valence-electron chi connectivity index (χ2n) is 4.61. The maximum absolute atomic E-state index is 12.2. The fourth-order valence-electron chi connectivity index (χ4n) is 1.80. The summed E-state index contributed by atoms with van der Waals surface area (Å²) in [5.74, 6) is -0.415. The van der Waals surface area contributed by atoms with Crippen molar-refractivity contribution in [3.8, 4) is 0 Å². The Labute approximate surface area is 125 Å². The second kappa shape index (κ2) is 8.11. The molecular formula is C14H22N2O4S. The number of likely N-dealkylation sites (N-methyl/N-ethyl adjacent to an activating group) is 1. The average Bonchev–Trinajstić information content (AvgIpc) is 2.51. The average molecular weight is 314 g/mol. The first-order valence-electron chi connectivity index (χ1n) is 6.74. The van der Waals surface area contributed by atoms with Crippen molar-refractivity contribution in [2.45, 2.75) is 18.4 Å². The number of hydrogen-bond acceptors (Lipinski definition) is 6.